The van der Waals surface area contributed by atoms with Gasteiger partial charge in [-0.05, 0) is 0 Å². The van der Waals surface area contributed by atoms with Gasteiger partial charge in [-0.3, -0.25) is 4.79 Å². The summed E-state index contributed by atoms with van der Waals surface area (Å²) in [4.78, 5) is 24.3. The Morgan fingerprint density at radius 1 is 1.26 bits per heavy atom. The van der Waals surface area contributed by atoms with Crippen molar-refractivity contribution in [2.24, 2.45) is 0 Å². The van der Waals surface area contributed by atoms with Gasteiger partial charge in [0.1, 0.15) is 6.26 Å². The standard InChI is InChI=1S/C12H17NO6/c1-17-5-3-13(4-6-18-2)11(14)10-7-9(8-19-10)12(15)16/h7-8H,3-6H2,1-2H3,(H,15,16). The molecule has 1 aromatic heterocycles. The molecule has 7 heteroatoms. The van der Waals surface area contributed by atoms with Crippen LogP contribution in [0.2, 0.25) is 0 Å². The van der Waals surface area contributed by atoms with Crippen LogP contribution in [-0.2, 0) is 9.47 Å². The molecule has 0 radical (unpaired) electrons. The van der Waals surface area contributed by atoms with Crippen LogP contribution in [-0.4, -0.2) is 62.4 Å². The van der Waals surface area contributed by atoms with Crippen LogP contribution in [0, 0.1) is 0 Å². The summed E-state index contributed by atoms with van der Waals surface area (Å²) in [5.41, 5.74) is -0.0539. The number of carbonyl (C=O) groups is 2. The van der Waals surface area contributed by atoms with Crippen LogP contribution >= 0.6 is 0 Å². The van der Waals surface area contributed by atoms with E-state index in [4.69, 9.17) is 19.0 Å². The molecule has 0 aliphatic heterocycles. The van der Waals surface area contributed by atoms with E-state index < -0.39 is 5.97 Å². The fourth-order valence-corrected chi connectivity index (χ4v) is 1.43. The number of rotatable bonds is 8. The van der Waals surface area contributed by atoms with Crippen molar-refractivity contribution in [3.05, 3.63) is 23.7 Å². The number of hydrogen-bond donors (Lipinski definition) is 1. The lowest BCUT2D eigenvalue weighted by Gasteiger charge is -2.20. The SMILES string of the molecule is COCCN(CCOC)C(=O)c1cc(C(=O)O)co1. The summed E-state index contributed by atoms with van der Waals surface area (Å²) in [6.45, 7) is 1.51. The highest BCUT2D eigenvalue weighted by atomic mass is 16.5. The van der Waals surface area contributed by atoms with E-state index in [9.17, 15) is 9.59 Å². The number of nitrogens with zero attached hydrogens (tertiary/aromatic N) is 1. The van der Waals surface area contributed by atoms with Crippen LogP contribution in [0.25, 0.3) is 0 Å². The van der Waals surface area contributed by atoms with Crippen molar-refractivity contribution in [3.8, 4) is 0 Å². The third-order valence-corrected chi connectivity index (χ3v) is 2.48. The molecule has 1 N–H and O–H groups in total. The summed E-state index contributed by atoms with van der Waals surface area (Å²) >= 11 is 0. The number of amides is 1. The fourth-order valence-electron chi connectivity index (χ4n) is 1.43. The maximum Gasteiger partial charge on any atom is 0.338 e. The Labute approximate surface area is 110 Å². The van der Waals surface area contributed by atoms with Crippen molar-refractivity contribution in [1.82, 2.24) is 4.90 Å². The highest BCUT2D eigenvalue weighted by Crippen LogP contribution is 2.11. The number of furan rings is 1. The molecule has 0 bridgehead atoms. The van der Waals surface area contributed by atoms with E-state index in [2.05, 4.69) is 0 Å². The van der Waals surface area contributed by atoms with Gasteiger partial charge in [0.25, 0.3) is 5.91 Å². The highest BCUT2D eigenvalue weighted by Gasteiger charge is 2.20. The summed E-state index contributed by atoms with van der Waals surface area (Å²) in [5, 5.41) is 8.78. The number of ether oxygens (including phenoxy) is 2. The minimum Gasteiger partial charge on any atom is -0.478 e. The predicted octanol–water partition coefficient (Wildman–Crippen LogP) is 0.713. The van der Waals surface area contributed by atoms with Gasteiger partial charge in [0.2, 0.25) is 0 Å². The van der Waals surface area contributed by atoms with Crippen molar-refractivity contribution in [2.45, 2.75) is 0 Å². The van der Waals surface area contributed by atoms with Gasteiger partial charge in [-0.25, -0.2) is 4.79 Å². The molecule has 0 unspecified atom stereocenters. The molecule has 0 saturated heterocycles. The predicted molar refractivity (Wildman–Crippen MR) is 65.3 cm³/mol. The van der Waals surface area contributed by atoms with Gasteiger partial charge < -0.3 is 23.9 Å². The molecule has 0 atom stereocenters. The van der Waals surface area contributed by atoms with Crippen molar-refractivity contribution in [2.75, 3.05) is 40.5 Å². The lowest BCUT2D eigenvalue weighted by molar-refractivity contribution is 0.0597. The van der Waals surface area contributed by atoms with Crippen LogP contribution in [0.1, 0.15) is 20.9 Å². The van der Waals surface area contributed by atoms with Gasteiger partial charge in [-0.15, -0.1) is 0 Å². The first-order valence-corrected chi connectivity index (χ1v) is 5.69. The van der Waals surface area contributed by atoms with E-state index >= 15 is 0 Å². The summed E-state index contributed by atoms with van der Waals surface area (Å²) < 4.78 is 14.8. The second-order valence-corrected chi connectivity index (χ2v) is 3.78. The number of carboxylic acid groups (broad SMARTS) is 1. The minimum absolute atomic E-state index is 0.00962. The smallest absolute Gasteiger partial charge is 0.338 e. The molecular formula is C12H17NO6. The summed E-state index contributed by atoms with van der Waals surface area (Å²) in [6, 6.07) is 1.21. The molecule has 7 nitrogen and oxygen atoms in total. The first-order chi connectivity index (χ1) is 9.10. The number of carboxylic acids is 1. The van der Waals surface area contributed by atoms with E-state index in [-0.39, 0.29) is 17.2 Å². The molecule has 0 spiro atoms. The average molecular weight is 271 g/mol. The van der Waals surface area contributed by atoms with E-state index in [0.717, 1.165) is 6.26 Å². The van der Waals surface area contributed by atoms with Crippen LogP contribution in [0.15, 0.2) is 16.7 Å². The molecule has 0 fully saturated rings. The van der Waals surface area contributed by atoms with E-state index in [1.54, 1.807) is 0 Å². The lowest BCUT2D eigenvalue weighted by Crippen LogP contribution is -2.36. The zero-order valence-electron chi connectivity index (χ0n) is 10.9. The largest absolute Gasteiger partial charge is 0.478 e. The Kier molecular flexibility index (Phi) is 6.04. The molecule has 0 aliphatic rings. The second kappa shape index (κ2) is 7.55. The normalized spacial score (nSPS) is 10.4. The van der Waals surface area contributed by atoms with Gasteiger partial charge in [0.05, 0.1) is 18.8 Å². The van der Waals surface area contributed by atoms with Gasteiger partial charge >= 0.3 is 5.97 Å². The third kappa shape index (κ3) is 4.38. The maximum atomic E-state index is 12.1. The fraction of sp³-hybridized carbons (Fsp3) is 0.500. The summed E-state index contributed by atoms with van der Waals surface area (Å²) in [7, 11) is 3.07. The zero-order valence-corrected chi connectivity index (χ0v) is 10.9. The first-order valence-electron chi connectivity index (χ1n) is 5.69. The Balaban J connectivity index is 2.75. The Hall–Kier alpha value is -1.86. The molecule has 1 aromatic rings. The van der Waals surface area contributed by atoms with Crippen molar-refractivity contribution in [3.63, 3.8) is 0 Å². The van der Waals surface area contributed by atoms with Crippen LogP contribution in [0.5, 0.6) is 0 Å². The monoisotopic (exact) mass is 271 g/mol. The van der Waals surface area contributed by atoms with Gasteiger partial charge in [0, 0.05) is 33.4 Å². The Bertz CT molecular complexity index is 420. The van der Waals surface area contributed by atoms with Crippen LogP contribution in [0.4, 0.5) is 0 Å². The average Bonchev–Trinajstić information content (AvgIpc) is 2.88. The molecule has 106 valence electrons. The number of aromatic carboxylic acids is 1. The van der Waals surface area contributed by atoms with Crippen LogP contribution < -0.4 is 0 Å². The van der Waals surface area contributed by atoms with Gasteiger partial charge in [0.15, 0.2) is 5.76 Å². The quantitative estimate of drug-likeness (QED) is 0.749. The Morgan fingerprint density at radius 3 is 2.26 bits per heavy atom. The number of carbonyl (C=O) groups excluding carboxylic acids is 1. The first kappa shape index (κ1) is 15.2. The van der Waals surface area contributed by atoms with Crippen LogP contribution in [0.3, 0.4) is 0 Å². The molecule has 1 rings (SSSR count). The summed E-state index contributed by atoms with van der Waals surface area (Å²) in [6.07, 6.45) is 1.04. The molecule has 1 heterocycles. The molecule has 0 aliphatic carbocycles. The highest BCUT2D eigenvalue weighted by molar-refractivity contribution is 5.95. The molecular weight excluding hydrogens is 254 g/mol. The maximum absolute atomic E-state index is 12.1. The second-order valence-electron chi connectivity index (χ2n) is 3.78. The molecule has 1 amide bonds. The van der Waals surface area contributed by atoms with Crippen molar-refractivity contribution in [1.29, 1.82) is 0 Å². The van der Waals surface area contributed by atoms with Crippen molar-refractivity contribution >= 4 is 11.9 Å². The third-order valence-electron chi connectivity index (χ3n) is 2.48. The minimum atomic E-state index is -1.14. The lowest BCUT2D eigenvalue weighted by atomic mass is 10.3. The zero-order chi connectivity index (χ0) is 14.3. The van der Waals surface area contributed by atoms with Crippen molar-refractivity contribution < 1.29 is 28.6 Å². The Morgan fingerprint density at radius 2 is 1.84 bits per heavy atom. The van der Waals surface area contributed by atoms with E-state index in [1.165, 1.54) is 25.2 Å². The molecule has 0 aromatic carbocycles. The number of methoxy groups -OCH3 is 2. The van der Waals surface area contributed by atoms with Gasteiger partial charge in [-0.2, -0.15) is 0 Å². The molecule has 19 heavy (non-hydrogen) atoms. The number of hydrogen-bond acceptors (Lipinski definition) is 5. The summed E-state index contributed by atoms with van der Waals surface area (Å²) in [5.74, 6) is -1.53. The molecule has 0 saturated carbocycles. The van der Waals surface area contributed by atoms with E-state index in [0.29, 0.717) is 26.3 Å². The van der Waals surface area contributed by atoms with Gasteiger partial charge in [-0.1, -0.05) is 0 Å². The van der Waals surface area contributed by atoms with E-state index in [1.807, 2.05) is 0 Å². The topological polar surface area (TPSA) is 89.2 Å².